The van der Waals surface area contributed by atoms with Crippen molar-refractivity contribution in [3.05, 3.63) is 70.7 Å². The topological polar surface area (TPSA) is 29.1 Å². The highest BCUT2D eigenvalue weighted by Crippen LogP contribution is 2.44. The van der Waals surface area contributed by atoms with E-state index in [0.717, 1.165) is 11.1 Å². The molecular weight excluding hydrogens is 270 g/mol. The summed E-state index contributed by atoms with van der Waals surface area (Å²) in [5, 5.41) is 3.82. The van der Waals surface area contributed by atoms with Crippen LogP contribution in [0.2, 0.25) is 5.02 Å². The fourth-order valence-corrected chi connectivity index (χ4v) is 3.13. The summed E-state index contributed by atoms with van der Waals surface area (Å²) in [6.45, 7) is 2.13. The Hall–Kier alpha value is -1.80. The van der Waals surface area contributed by atoms with Crippen molar-refractivity contribution in [2.75, 3.05) is 0 Å². The lowest BCUT2D eigenvalue weighted by Gasteiger charge is -2.31. The molecule has 1 N–H and O–H groups in total. The highest BCUT2D eigenvalue weighted by molar-refractivity contribution is 6.30. The number of carbonyl (C=O) groups is 1. The molecule has 3 rings (SSSR count). The van der Waals surface area contributed by atoms with Crippen LogP contribution in [0.3, 0.4) is 0 Å². The maximum Gasteiger partial charge on any atom is 0.221 e. The summed E-state index contributed by atoms with van der Waals surface area (Å²) in [6.07, 6.45) is 0.494. The van der Waals surface area contributed by atoms with Crippen molar-refractivity contribution < 1.29 is 4.79 Å². The largest absolute Gasteiger partial charge is 0.348 e. The zero-order valence-corrected chi connectivity index (χ0v) is 12.0. The zero-order chi connectivity index (χ0) is 14.2. The smallest absolute Gasteiger partial charge is 0.221 e. The molecule has 2 aromatic rings. The molecule has 0 radical (unpaired) electrons. The lowest BCUT2D eigenvalue weighted by Crippen LogP contribution is -2.30. The minimum absolute atomic E-state index is 0.00243. The van der Waals surface area contributed by atoms with Crippen molar-refractivity contribution in [2.24, 2.45) is 0 Å². The van der Waals surface area contributed by atoms with Crippen LogP contribution in [-0.4, -0.2) is 5.91 Å². The maximum atomic E-state index is 11.9. The van der Waals surface area contributed by atoms with Crippen LogP contribution in [0, 0.1) is 0 Å². The Morgan fingerprint density at radius 1 is 1.10 bits per heavy atom. The van der Waals surface area contributed by atoms with Crippen LogP contribution in [-0.2, 0) is 10.2 Å². The van der Waals surface area contributed by atoms with Gasteiger partial charge in [-0.05, 0) is 23.3 Å². The van der Waals surface area contributed by atoms with Gasteiger partial charge in [-0.3, -0.25) is 4.79 Å². The van der Waals surface area contributed by atoms with E-state index >= 15 is 0 Å². The van der Waals surface area contributed by atoms with Crippen molar-refractivity contribution in [2.45, 2.75) is 24.8 Å². The number of halogens is 1. The normalized spacial score (nSPS) is 25.5. The van der Waals surface area contributed by atoms with E-state index < -0.39 is 0 Å². The summed E-state index contributed by atoms with van der Waals surface area (Å²) in [6, 6.07) is 17.9. The van der Waals surface area contributed by atoms with E-state index in [1.54, 1.807) is 0 Å². The van der Waals surface area contributed by atoms with Gasteiger partial charge in [-0.25, -0.2) is 0 Å². The molecule has 0 aliphatic carbocycles. The van der Waals surface area contributed by atoms with Gasteiger partial charge in [0.05, 0.1) is 6.04 Å². The molecule has 0 saturated carbocycles. The van der Waals surface area contributed by atoms with E-state index in [1.165, 1.54) is 0 Å². The molecule has 3 heteroatoms. The van der Waals surface area contributed by atoms with E-state index in [-0.39, 0.29) is 17.4 Å². The SMILES string of the molecule is CC1(c2ccc(Cl)cc2)CC(=O)NC1c1ccccc1. The van der Waals surface area contributed by atoms with E-state index in [4.69, 9.17) is 11.6 Å². The minimum atomic E-state index is -0.247. The highest BCUT2D eigenvalue weighted by Gasteiger charge is 2.45. The molecule has 1 fully saturated rings. The summed E-state index contributed by atoms with van der Waals surface area (Å²) in [7, 11) is 0. The van der Waals surface area contributed by atoms with Gasteiger partial charge < -0.3 is 5.32 Å². The summed E-state index contributed by atoms with van der Waals surface area (Å²) in [5.41, 5.74) is 2.02. The molecule has 102 valence electrons. The zero-order valence-electron chi connectivity index (χ0n) is 11.3. The third kappa shape index (κ3) is 2.20. The van der Waals surface area contributed by atoms with Gasteiger partial charge in [0, 0.05) is 16.9 Å². The molecule has 20 heavy (non-hydrogen) atoms. The minimum Gasteiger partial charge on any atom is -0.348 e. The lowest BCUT2D eigenvalue weighted by molar-refractivity contribution is -0.119. The van der Waals surface area contributed by atoms with E-state index in [1.807, 2.05) is 42.5 Å². The van der Waals surface area contributed by atoms with Gasteiger partial charge in [-0.15, -0.1) is 0 Å². The number of hydrogen-bond acceptors (Lipinski definition) is 1. The Kier molecular flexibility index (Phi) is 3.27. The second kappa shape index (κ2) is 4.95. The lowest BCUT2D eigenvalue weighted by atomic mass is 9.74. The van der Waals surface area contributed by atoms with Crippen LogP contribution in [0.25, 0.3) is 0 Å². The molecule has 1 saturated heterocycles. The number of amides is 1. The first-order valence-electron chi connectivity index (χ1n) is 6.70. The Labute approximate surface area is 123 Å². The summed E-state index contributed by atoms with van der Waals surface area (Å²) < 4.78 is 0. The summed E-state index contributed by atoms with van der Waals surface area (Å²) in [5.74, 6) is 0.0938. The first-order chi connectivity index (χ1) is 9.59. The molecule has 2 atom stereocenters. The van der Waals surface area contributed by atoms with E-state index in [0.29, 0.717) is 11.4 Å². The number of carbonyl (C=O) groups excluding carboxylic acids is 1. The second-order valence-electron chi connectivity index (χ2n) is 5.51. The van der Waals surface area contributed by atoms with Gasteiger partial charge in [0.1, 0.15) is 0 Å². The Morgan fingerprint density at radius 3 is 2.40 bits per heavy atom. The molecule has 1 heterocycles. The highest BCUT2D eigenvalue weighted by atomic mass is 35.5. The molecule has 0 bridgehead atoms. The number of nitrogens with one attached hydrogen (secondary N) is 1. The molecule has 0 aromatic heterocycles. The number of benzene rings is 2. The molecule has 1 aliphatic heterocycles. The molecular formula is C17H16ClNO. The monoisotopic (exact) mass is 285 g/mol. The van der Waals surface area contributed by atoms with Crippen LogP contribution in [0.1, 0.15) is 30.5 Å². The van der Waals surface area contributed by atoms with E-state index in [9.17, 15) is 4.79 Å². The fourth-order valence-electron chi connectivity index (χ4n) is 3.00. The molecule has 0 spiro atoms. The van der Waals surface area contributed by atoms with Crippen LogP contribution >= 0.6 is 11.6 Å². The van der Waals surface area contributed by atoms with Crippen molar-refractivity contribution in [3.8, 4) is 0 Å². The van der Waals surface area contributed by atoms with Crippen molar-refractivity contribution in [1.82, 2.24) is 5.32 Å². The average molecular weight is 286 g/mol. The van der Waals surface area contributed by atoms with Gasteiger partial charge in [0.25, 0.3) is 0 Å². The Morgan fingerprint density at radius 2 is 1.75 bits per heavy atom. The average Bonchev–Trinajstić information content (AvgIpc) is 2.77. The van der Waals surface area contributed by atoms with Crippen molar-refractivity contribution in [1.29, 1.82) is 0 Å². The predicted octanol–water partition coefficient (Wildman–Crippen LogP) is 3.86. The second-order valence-corrected chi connectivity index (χ2v) is 5.95. The van der Waals surface area contributed by atoms with Gasteiger partial charge in [0.15, 0.2) is 0 Å². The van der Waals surface area contributed by atoms with Crippen LogP contribution in [0.15, 0.2) is 54.6 Å². The molecule has 1 aliphatic rings. The van der Waals surface area contributed by atoms with Gasteiger partial charge in [-0.1, -0.05) is 61.0 Å². The van der Waals surface area contributed by atoms with Crippen molar-refractivity contribution in [3.63, 3.8) is 0 Å². The van der Waals surface area contributed by atoms with Gasteiger partial charge in [-0.2, -0.15) is 0 Å². The fraction of sp³-hybridized carbons (Fsp3) is 0.235. The predicted molar refractivity (Wildman–Crippen MR) is 80.7 cm³/mol. The third-order valence-electron chi connectivity index (χ3n) is 4.11. The van der Waals surface area contributed by atoms with Crippen molar-refractivity contribution >= 4 is 17.5 Å². The Bertz CT molecular complexity index is 623. The quantitative estimate of drug-likeness (QED) is 0.892. The molecule has 2 nitrogen and oxygen atoms in total. The number of hydrogen-bond donors (Lipinski definition) is 1. The van der Waals surface area contributed by atoms with Crippen LogP contribution in [0.5, 0.6) is 0 Å². The summed E-state index contributed by atoms with van der Waals surface area (Å²) in [4.78, 5) is 11.9. The van der Waals surface area contributed by atoms with Crippen LogP contribution < -0.4 is 5.32 Å². The first kappa shape index (κ1) is 13.2. The van der Waals surface area contributed by atoms with Gasteiger partial charge in [0.2, 0.25) is 5.91 Å². The molecule has 2 unspecified atom stereocenters. The maximum absolute atomic E-state index is 11.9. The Balaban J connectivity index is 2.05. The molecule has 2 aromatic carbocycles. The third-order valence-corrected chi connectivity index (χ3v) is 4.36. The van der Waals surface area contributed by atoms with E-state index in [2.05, 4.69) is 24.4 Å². The summed E-state index contributed by atoms with van der Waals surface area (Å²) >= 11 is 5.96. The van der Waals surface area contributed by atoms with Crippen LogP contribution in [0.4, 0.5) is 0 Å². The number of rotatable bonds is 2. The van der Waals surface area contributed by atoms with Gasteiger partial charge >= 0.3 is 0 Å². The standard InChI is InChI=1S/C17H16ClNO/c1-17(13-7-9-14(18)10-8-13)11-15(20)19-16(17)12-5-3-2-4-6-12/h2-10,16H,11H2,1H3,(H,19,20). The first-order valence-corrected chi connectivity index (χ1v) is 7.08. The molecule has 1 amide bonds.